The van der Waals surface area contributed by atoms with Crippen LogP contribution in [-0.2, 0) is 4.74 Å². The molecular formula is C12H19F3N4O. The molecule has 1 aromatic rings. The van der Waals surface area contributed by atoms with Gasteiger partial charge >= 0.3 is 6.18 Å². The van der Waals surface area contributed by atoms with Crippen molar-refractivity contribution < 1.29 is 17.9 Å². The maximum absolute atomic E-state index is 11.9. The van der Waals surface area contributed by atoms with E-state index in [1.54, 1.807) is 7.05 Å². The second-order valence-corrected chi connectivity index (χ2v) is 4.48. The Morgan fingerprint density at radius 3 is 2.45 bits per heavy atom. The van der Waals surface area contributed by atoms with Gasteiger partial charge in [-0.2, -0.15) is 13.2 Å². The molecule has 0 spiro atoms. The van der Waals surface area contributed by atoms with Crippen LogP contribution in [-0.4, -0.2) is 43.0 Å². The molecule has 0 radical (unpaired) electrons. The van der Waals surface area contributed by atoms with Crippen LogP contribution in [0.2, 0.25) is 0 Å². The van der Waals surface area contributed by atoms with Crippen LogP contribution in [0.15, 0.2) is 6.33 Å². The molecular weight excluding hydrogens is 273 g/mol. The number of aromatic nitrogens is 2. The molecule has 0 unspecified atom stereocenters. The Kier molecular flexibility index (Phi) is 6.00. The Labute approximate surface area is 116 Å². The van der Waals surface area contributed by atoms with Crippen LogP contribution < -0.4 is 10.6 Å². The van der Waals surface area contributed by atoms with E-state index in [4.69, 9.17) is 0 Å². The highest BCUT2D eigenvalue weighted by Gasteiger charge is 2.27. The largest absolute Gasteiger partial charge is 0.411 e. The monoisotopic (exact) mass is 292 g/mol. The van der Waals surface area contributed by atoms with Gasteiger partial charge in [-0.25, -0.2) is 9.97 Å². The normalized spacial score (nSPS) is 11.8. The van der Waals surface area contributed by atoms with E-state index in [1.165, 1.54) is 6.33 Å². The summed E-state index contributed by atoms with van der Waals surface area (Å²) in [7, 11) is 1.75. The Morgan fingerprint density at radius 1 is 1.25 bits per heavy atom. The van der Waals surface area contributed by atoms with Crippen molar-refractivity contribution in [2.24, 2.45) is 0 Å². The van der Waals surface area contributed by atoms with Crippen molar-refractivity contribution in [1.82, 2.24) is 9.97 Å². The number of halogens is 3. The summed E-state index contributed by atoms with van der Waals surface area (Å²) < 4.78 is 40.2. The molecule has 1 rings (SSSR count). The summed E-state index contributed by atoms with van der Waals surface area (Å²) in [6, 6.07) is 0. The molecule has 20 heavy (non-hydrogen) atoms. The van der Waals surface area contributed by atoms with Crippen LogP contribution >= 0.6 is 0 Å². The zero-order valence-electron chi connectivity index (χ0n) is 11.7. The predicted octanol–water partition coefficient (Wildman–Crippen LogP) is 2.63. The van der Waals surface area contributed by atoms with Crippen LogP contribution in [0.3, 0.4) is 0 Å². The first-order valence-electron chi connectivity index (χ1n) is 6.26. The molecule has 0 saturated heterocycles. The molecule has 114 valence electrons. The second kappa shape index (κ2) is 7.28. The van der Waals surface area contributed by atoms with Gasteiger partial charge in [0.1, 0.15) is 24.6 Å². The molecule has 1 heterocycles. The number of nitrogens with zero attached hydrogens (tertiary/aromatic N) is 2. The molecule has 0 atom stereocenters. The average molecular weight is 292 g/mol. The molecule has 0 amide bonds. The van der Waals surface area contributed by atoms with E-state index in [1.807, 2.05) is 13.8 Å². The molecule has 0 aliphatic carbocycles. The number of rotatable bonds is 7. The van der Waals surface area contributed by atoms with Crippen molar-refractivity contribution >= 4 is 11.6 Å². The third-order valence-corrected chi connectivity index (χ3v) is 2.50. The molecule has 0 aliphatic heterocycles. The maximum Gasteiger partial charge on any atom is 0.411 e. The molecule has 1 aromatic heterocycles. The Bertz CT molecular complexity index is 424. The lowest BCUT2D eigenvalue weighted by atomic mass is 10.0. The number of hydrogen-bond donors (Lipinski definition) is 2. The lowest BCUT2D eigenvalue weighted by molar-refractivity contribution is -0.172. The van der Waals surface area contributed by atoms with Crippen molar-refractivity contribution in [3.63, 3.8) is 0 Å². The van der Waals surface area contributed by atoms with E-state index >= 15 is 0 Å². The first-order chi connectivity index (χ1) is 9.35. The maximum atomic E-state index is 11.9. The van der Waals surface area contributed by atoms with Crippen molar-refractivity contribution in [2.45, 2.75) is 25.9 Å². The molecule has 5 nitrogen and oxygen atoms in total. The van der Waals surface area contributed by atoms with Crippen LogP contribution in [0, 0.1) is 0 Å². The number of alkyl halides is 3. The smallest absolute Gasteiger partial charge is 0.373 e. The molecule has 0 bridgehead atoms. The van der Waals surface area contributed by atoms with E-state index in [2.05, 4.69) is 25.3 Å². The predicted molar refractivity (Wildman–Crippen MR) is 71.0 cm³/mol. The van der Waals surface area contributed by atoms with Gasteiger partial charge in [-0.3, -0.25) is 0 Å². The third-order valence-electron chi connectivity index (χ3n) is 2.50. The SMILES string of the molecule is CNc1ncnc(NCCOCC(F)(F)F)c1C(C)C. The highest BCUT2D eigenvalue weighted by atomic mass is 19.4. The van der Waals surface area contributed by atoms with Gasteiger partial charge in [-0.15, -0.1) is 0 Å². The van der Waals surface area contributed by atoms with Gasteiger partial charge in [0.25, 0.3) is 0 Å². The minimum atomic E-state index is -4.29. The lowest BCUT2D eigenvalue weighted by Crippen LogP contribution is -2.20. The number of ether oxygens (including phenoxy) is 1. The zero-order chi connectivity index (χ0) is 15.2. The summed E-state index contributed by atoms with van der Waals surface area (Å²) in [5, 5.41) is 5.94. The van der Waals surface area contributed by atoms with Gasteiger partial charge in [-0.1, -0.05) is 13.8 Å². The van der Waals surface area contributed by atoms with E-state index in [-0.39, 0.29) is 19.1 Å². The fraction of sp³-hybridized carbons (Fsp3) is 0.667. The molecule has 0 aromatic carbocycles. The topological polar surface area (TPSA) is 59.1 Å². The molecule has 8 heteroatoms. The molecule has 0 aliphatic rings. The van der Waals surface area contributed by atoms with Gasteiger partial charge in [-0.05, 0) is 5.92 Å². The van der Waals surface area contributed by atoms with Crippen molar-refractivity contribution in [2.75, 3.05) is 37.4 Å². The number of anilines is 2. The van der Waals surface area contributed by atoms with Crippen LogP contribution in [0.1, 0.15) is 25.3 Å². The highest BCUT2D eigenvalue weighted by molar-refractivity contribution is 5.58. The van der Waals surface area contributed by atoms with E-state index in [0.717, 1.165) is 5.56 Å². The van der Waals surface area contributed by atoms with Crippen molar-refractivity contribution in [3.8, 4) is 0 Å². The molecule has 0 fully saturated rings. The van der Waals surface area contributed by atoms with Gasteiger partial charge in [0.15, 0.2) is 0 Å². The summed E-state index contributed by atoms with van der Waals surface area (Å²) in [5.74, 6) is 1.49. The number of nitrogens with one attached hydrogen (secondary N) is 2. The van der Waals surface area contributed by atoms with Crippen LogP contribution in [0.5, 0.6) is 0 Å². The van der Waals surface area contributed by atoms with E-state index < -0.39 is 12.8 Å². The minimum absolute atomic E-state index is 0.0457. The van der Waals surface area contributed by atoms with Crippen molar-refractivity contribution in [1.29, 1.82) is 0 Å². The van der Waals surface area contributed by atoms with Gasteiger partial charge < -0.3 is 15.4 Å². The standard InChI is InChI=1S/C12H19F3N4O/c1-8(2)9-10(16-3)18-7-19-11(9)17-4-5-20-6-12(13,14)15/h7-8H,4-6H2,1-3H3,(H2,16,17,18,19). The fourth-order valence-electron chi connectivity index (χ4n) is 1.71. The summed E-state index contributed by atoms with van der Waals surface area (Å²) in [4.78, 5) is 8.23. The van der Waals surface area contributed by atoms with E-state index in [0.29, 0.717) is 11.6 Å². The Hall–Kier alpha value is -1.57. The first-order valence-corrected chi connectivity index (χ1v) is 6.26. The van der Waals surface area contributed by atoms with Gasteiger partial charge in [0.05, 0.1) is 6.61 Å². The van der Waals surface area contributed by atoms with Gasteiger partial charge in [0, 0.05) is 19.2 Å². The average Bonchev–Trinajstić information content (AvgIpc) is 2.36. The highest BCUT2D eigenvalue weighted by Crippen LogP contribution is 2.27. The minimum Gasteiger partial charge on any atom is -0.373 e. The molecule has 0 saturated carbocycles. The summed E-state index contributed by atoms with van der Waals surface area (Å²) >= 11 is 0. The summed E-state index contributed by atoms with van der Waals surface area (Å²) in [6.07, 6.45) is -2.89. The quantitative estimate of drug-likeness (QED) is 0.757. The Balaban J connectivity index is 2.56. The van der Waals surface area contributed by atoms with Gasteiger partial charge in [0.2, 0.25) is 0 Å². The number of hydrogen-bond acceptors (Lipinski definition) is 5. The second-order valence-electron chi connectivity index (χ2n) is 4.48. The zero-order valence-corrected chi connectivity index (χ0v) is 11.7. The van der Waals surface area contributed by atoms with Crippen molar-refractivity contribution in [3.05, 3.63) is 11.9 Å². The lowest BCUT2D eigenvalue weighted by Gasteiger charge is -2.16. The van der Waals surface area contributed by atoms with Crippen LogP contribution in [0.25, 0.3) is 0 Å². The van der Waals surface area contributed by atoms with Crippen LogP contribution in [0.4, 0.5) is 24.8 Å². The van der Waals surface area contributed by atoms with E-state index in [9.17, 15) is 13.2 Å². The third kappa shape index (κ3) is 5.20. The first kappa shape index (κ1) is 16.5. The Morgan fingerprint density at radius 2 is 1.90 bits per heavy atom. The summed E-state index contributed by atoms with van der Waals surface area (Å²) in [6.45, 7) is 2.94. The summed E-state index contributed by atoms with van der Waals surface area (Å²) in [5.41, 5.74) is 0.894. The molecule has 2 N–H and O–H groups in total. The fourth-order valence-corrected chi connectivity index (χ4v) is 1.71.